The lowest BCUT2D eigenvalue weighted by molar-refractivity contribution is -0.129. The van der Waals surface area contributed by atoms with Crippen molar-refractivity contribution in [1.82, 2.24) is 0 Å². The van der Waals surface area contributed by atoms with Gasteiger partial charge in [-0.25, -0.2) is 4.39 Å². The third-order valence-electron chi connectivity index (χ3n) is 4.00. The lowest BCUT2D eigenvalue weighted by Gasteiger charge is -2.29. The molecular formula is C16H21FN2O3. The minimum Gasteiger partial charge on any atom is -0.378 e. The van der Waals surface area contributed by atoms with Crippen molar-refractivity contribution in [1.29, 1.82) is 0 Å². The second-order valence-electron chi connectivity index (χ2n) is 5.64. The number of anilines is 2. The Bertz CT molecular complexity index is 526. The van der Waals surface area contributed by atoms with E-state index in [0.29, 0.717) is 25.5 Å². The van der Waals surface area contributed by atoms with E-state index in [0.717, 1.165) is 38.0 Å². The van der Waals surface area contributed by atoms with E-state index in [2.05, 4.69) is 10.2 Å². The van der Waals surface area contributed by atoms with Crippen LogP contribution in [-0.4, -0.2) is 44.9 Å². The van der Waals surface area contributed by atoms with Gasteiger partial charge in [0.15, 0.2) is 0 Å². The third-order valence-corrected chi connectivity index (χ3v) is 4.00. The molecular weight excluding hydrogens is 287 g/mol. The first kappa shape index (κ1) is 15.2. The highest BCUT2D eigenvalue weighted by Crippen LogP contribution is 2.23. The Hall–Kier alpha value is -1.66. The van der Waals surface area contributed by atoms with E-state index in [1.54, 1.807) is 6.07 Å². The topological polar surface area (TPSA) is 50.8 Å². The average Bonchev–Trinajstić information content (AvgIpc) is 2.56. The number of nitrogens with zero attached hydrogens (tertiary/aromatic N) is 1. The number of carbonyl (C=O) groups excluding carboxylic acids is 1. The molecule has 0 bridgehead atoms. The van der Waals surface area contributed by atoms with Gasteiger partial charge in [0.05, 0.1) is 13.2 Å². The molecule has 2 aliphatic heterocycles. The molecule has 5 nitrogen and oxygen atoms in total. The molecule has 0 spiro atoms. The fraction of sp³-hybridized carbons (Fsp3) is 0.562. The number of halogens is 1. The predicted molar refractivity (Wildman–Crippen MR) is 81.7 cm³/mol. The first-order valence-corrected chi connectivity index (χ1v) is 7.78. The maximum Gasteiger partial charge on any atom is 0.253 e. The summed E-state index contributed by atoms with van der Waals surface area (Å²) in [5, 5.41) is 2.77. The van der Waals surface area contributed by atoms with Gasteiger partial charge in [-0.3, -0.25) is 4.79 Å². The zero-order valence-corrected chi connectivity index (χ0v) is 12.5. The normalized spacial score (nSPS) is 22.4. The van der Waals surface area contributed by atoms with E-state index in [1.165, 1.54) is 12.1 Å². The van der Waals surface area contributed by atoms with Crippen LogP contribution in [0.3, 0.4) is 0 Å². The summed E-state index contributed by atoms with van der Waals surface area (Å²) >= 11 is 0. The Morgan fingerprint density at radius 1 is 1.18 bits per heavy atom. The summed E-state index contributed by atoms with van der Waals surface area (Å²) in [6.45, 7) is 3.33. The van der Waals surface area contributed by atoms with Gasteiger partial charge in [0, 0.05) is 31.1 Å². The van der Waals surface area contributed by atoms with Crippen LogP contribution in [0.1, 0.15) is 19.3 Å². The molecule has 0 radical (unpaired) electrons. The lowest BCUT2D eigenvalue weighted by Crippen LogP contribution is -2.36. The van der Waals surface area contributed by atoms with Crippen LogP contribution in [0.5, 0.6) is 0 Å². The van der Waals surface area contributed by atoms with Crippen LogP contribution in [0.2, 0.25) is 0 Å². The summed E-state index contributed by atoms with van der Waals surface area (Å²) in [5.41, 5.74) is 1.24. The summed E-state index contributed by atoms with van der Waals surface area (Å²) in [6.07, 6.45) is 2.27. The molecule has 2 saturated heterocycles. The minimum absolute atomic E-state index is 0.196. The van der Waals surface area contributed by atoms with Crippen LogP contribution < -0.4 is 10.2 Å². The van der Waals surface area contributed by atoms with Crippen LogP contribution >= 0.6 is 0 Å². The van der Waals surface area contributed by atoms with E-state index < -0.39 is 6.10 Å². The minimum atomic E-state index is -0.427. The largest absolute Gasteiger partial charge is 0.378 e. The third kappa shape index (κ3) is 3.75. The van der Waals surface area contributed by atoms with Crippen molar-refractivity contribution >= 4 is 17.3 Å². The van der Waals surface area contributed by atoms with Gasteiger partial charge < -0.3 is 19.7 Å². The summed E-state index contributed by atoms with van der Waals surface area (Å²) in [7, 11) is 0. The molecule has 1 atom stereocenters. The Morgan fingerprint density at radius 2 is 2.00 bits per heavy atom. The first-order chi connectivity index (χ1) is 10.7. The van der Waals surface area contributed by atoms with Crippen molar-refractivity contribution in [3.8, 4) is 0 Å². The highest BCUT2D eigenvalue weighted by atomic mass is 19.1. The fourth-order valence-corrected chi connectivity index (χ4v) is 2.82. The van der Waals surface area contributed by atoms with Crippen LogP contribution in [0.25, 0.3) is 0 Å². The molecule has 2 fully saturated rings. The lowest BCUT2D eigenvalue weighted by atomic mass is 10.1. The molecule has 1 aromatic rings. The maximum absolute atomic E-state index is 13.8. The van der Waals surface area contributed by atoms with Gasteiger partial charge in [-0.1, -0.05) is 0 Å². The number of morpholine rings is 1. The SMILES string of the molecule is O=C(Nc1cc(F)cc(N2CCOCC2)c1)C1CCCCO1. The first-order valence-electron chi connectivity index (χ1n) is 7.78. The molecule has 2 heterocycles. The van der Waals surface area contributed by atoms with Crippen LogP contribution in [0, 0.1) is 5.82 Å². The summed E-state index contributed by atoms with van der Waals surface area (Å²) in [4.78, 5) is 14.2. The van der Waals surface area contributed by atoms with E-state index in [4.69, 9.17) is 9.47 Å². The Kier molecular flexibility index (Phi) is 4.90. The van der Waals surface area contributed by atoms with Gasteiger partial charge in [-0.2, -0.15) is 0 Å². The van der Waals surface area contributed by atoms with Gasteiger partial charge in [0.1, 0.15) is 11.9 Å². The number of benzene rings is 1. The zero-order chi connectivity index (χ0) is 15.4. The van der Waals surface area contributed by atoms with E-state index >= 15 is 0 Å². The van der Waals surface area contributed by atoms with Crippen molar-refractivity contribution in [2.75, 3.05) is 43.1 Å². The second kappa shape index (κ2) is 7.07. The average molecular weight is 308 g/mol. The molecule has 120 valence electrons. The fourth-order valence-electron chi connectivity index (χ4n) is 2.82. The quantitative estimate of drug-likeness (QED) is 0.930. The molecule has 22 heavy (non-hydrogen) atoms. The molecule has 0 aliphatic carbocycles. The molecule has 0 aromatic heterocycles. The number of rotatable bonds is 3. The van der Waals surface area contributed by atoms with Crippen molar-refractivity contribution in [2.24, 2.45) is 0 Å². The predicted octanol–water partition coefficient (Wildman–Crippen LogP) is 2.17. The van der Waals surface area contributed by atoms with Gasteiger partial charge in [0.25, 0.3) is 5.91 Å². The number of ether oxygens (including phenoxy) is 2. The van der Waals surface area contributed by atoms with Gasteiger partial charge in [0.2, 0.25) is 0 Å². The van der Waals surface area contributed by atoms with Gasteiger partial charge in [-0.15, -0.1) is 0 Å². The molecule has 2 aliphatic rings. The van der Waals surface area contributed by atoms with E-state index in [9.17, 15) is 9.18 Å². The number of hydrogen-bond donors (Lipinski definition) is 1. The summed E-state index contributed by atoms with van der Waals surface area (Å²) < 4.78 is 24.6. The van der Waals surface area contributed by atoms with Crippen molar-refractivity contribution in [3.63, 3.8) is 0 Å². The van der Waals surface area contributed by atoms with Crippen LogP contribution in [0.15, 0.2) is 18.2 Å². The Balaban J connectivity index is 1.70. The maximum atomic E-state index is 13.8. The van der Waals surface area contributed by atoms with Crippen LogP contribution in [0.4, 0.5) is 15.8 Å². The van der Waals surface area contributed by atoms with Gasteiger partial charge in [-0.05, 0) is 37.5 Å². The summed E-state index contributed by atoms with van der Waals surface area (Å²) in [6, 6.07) is 4.62. The standard InChI is InChI=1S/C16H21FN2O3/c17-12-9-13(18-16(20)15-3-1-2-6-22-15)11-14(10-12)19-4-7-21-8-5-19/h9-11,15H,1-8H2,(H,18,20). The van der Waals surface area contributed by atoms with E-state index in [-0.39, 0.29) is 11.7 Å². The van der Waals surface area contributed by atoms with Crippen molar-refractivity contribution in [3.05, 3.63) is 24.0 Å². The summed E-state index contributed by atoms with van der Waals surface area (Å²) in [5.74, 6) is -0.554. The van der Waals surface area contributed by atoms with E-state index in [1.807, 2.05) is 0 Å². The Labute approximate surface area is 129 Å². The van der Waals surface area contributed by atoms with Crippen molar-refractivity contribution in [2.45, 2.75) is 25.4 Å². The van der Waals surface area contributed by atoms with Crippen LogP contribution in [-0.2, 0) is 14.3 Å². The monoisotopic (exact) mass is 308 g/mol. The molecule has 0 saturated carbocycles. The Morgan fingerprint density at radius 3 is 2.73 bits per heavy atom. The molecule has 6 heteroatoms. The molecule has 1 amide bonds. The molecule has 3 rings (SSSR count). The highest BCUT2D eigenvalue weighted by molar-refractivity contribution is 5.94. The number of carbonyl (C=O) groups is 1. The van der Waals surface area contributed by atoms with Gasteiger partial charge >= 0.3 is 0 Å². The zero-order valence-electron chi connectivity index (χ0n) is 12.5. The van der Waals surface area contributed by atoms with Crippen molar-refractivity contribution < 1.29 is 18.7 Å². The number of amides is 1. The second-order valence-corrected chi connectivity index (χ2v) is 5.64. The molecule has 1 N–H and O–H groups in total. The number of hydrogen-bond acceptors (Lipinski definition) is 4. The molecule has 1 aromatic carbocycles. The number of nitrogens with one attached hydrogen (secondary N) is 1. The smallest absolute Gasteiger partial charge is 0.253 e. The highest BCUT2D eigenvalue weighted by Gasteiger charge is 2.22. The molecule has 1 unspecified atom stereocenters.